The first kappa shape index (κ1) is 15.1. The van der Waals surface area contributed by atoms with Crippen LogP contribution in [0.1, 0.15) is 19.8 Å². The molecule has 6 nitrogen and oxygen atoms in total. The predicted molar refractivity (Wildman–Crippen MR) is 79.1 cm³/mol. The quantitative estimate of drug-likeness (QED) is 0.806. The Morgan fingerprint density at radius 3 is 2.55 bits per heavy atom. The van der Waals surface area contributed by atoms with Gasteiger partial charge in [0, 0.05) is 25.4 Å². The molecule has 0 unspecified atom stereocenters. The molecular weight excluding hydrogens is 278 g/mol. The number of primary sulfonamides is 1. The van der Waals surface area contributed by atoms with Crippen LogP contribution in [0.2, 0.25) is 0 Å². The fourth-order valence-electron chi connectivity index (χ4n) is 2.52. The van der Waals surface area contributed by atoms with Crippen molar-refractivity contribution in [2.75, 3.05) is 30.3 Å². The van der Waals surface area contributed by atoms with Gasteiger partial charge in [0.05, 0.1) is 11.8 Å². The second kappa shape index (κ2) is 5.99. The molecule has 1 fully saturated rings. The SMILES string of the molecule is CCOC1CCN(c2ccc(N)cc2S(N)(=O)=O)CC1. The summed E-state index contributed by atoms with van der Waals surface area (Å²) >= 11 is 0. The highest BCUT2D eigenvalue weighted by atomic mass is 32.2. The van der Waals surface area contributed by atoms with E-state index in [4.69, 9.17) is 15.6 Å². The van der Waals surface area contributed by atoms with Crippen LogP contribution in [0.25, 0.3) is 0 Å². The van der Waals surface area contributed by atoms with Gasteiger partial charge < -0.3 is 15.4 Å². The normalized spacial score (nSPS) is 17.4. The third-order valence-electron chi connectivity index (χ3n) is 3.48. The van der Waals surface area contributed by atoms with Gasteiger partial charge in [-0.1, -0.05) is 0 Å². The molecule has 0 aliphatic carbocycles. The highest BCUT2D eigenvalue weighted by Crippen LogP contribution is 2.29. The molecule has 1 heterocycles. The Labute approximate surface area is 119 Å². The van der Waals surface area contributed by atoms with E-state index in [1.165, 1.54) is 6.07 Å². The average Bonchev–Trinajstić information content (AvgIpc) is 2.39. The number of nitrogens with zero attached hydrogens (tertiary/aromatic N) is 1. The Morgan fingerprint density at radius 1 is 1.35 bits per heavy atom. The molecule has 0 saturated carbocycles. The van der Waals surface area contributed by atoms with Crippen molar-refractivity contribution in [1.82, 2.24) is 0 Å². The van der Waals surface area contributed by atoms with Crippen LogP contribution in [-0.4, -0.2) is 34.2 Å². The Bertz CT molecular complexity index is 566. The number of hydrogen-bond donors (Lipinski definition) is 2. The molecular formula is C13H21N3O3S. The lowest BCUT2D eigenvalue weighted by atomic mass is 10.1. The van der Waals surface area contributed by atoms with Crippen molar-refractivity contribution < 1.29 is 13.2 Å². The molecule has 1 saturated heterocycles. The van der Waals surface area contributed by atoms with Crippen LogP contribution >= 0.6 is 0 Å². The highest BCUT2D eigenvalue weighted by Gasteiger charge is 2.24. The molecule has 0 atom stereocenters. The molecule has 0 spiro atoms. The van der Waals surface area contributed by atoms with Crippen molar-refractivity contribution in [3.05, 3.63) is 18.2 Å². The number of nitrogens with two attached hydrogens (primary N) is 2. The van der Waals surface area contributed by atoms with Crippen molar-refractivity contribution in [1.29, 1.82) is 0 Å². The largest absolute Gasteiger partial charge is 0.399 e. The summed E-state index contributed by atoms with van der Waals surface area (Å²) in [6.45, 7) is 4.18. The second-order valence-electron chi connectivity index (χ2n) is 4.91. The van der Waals surface area contributed by atoms with Crippen molar-refractivity contribution in [3.63, 3.8) is 0 Å². The summed E-state index contributed by atoms with van der Waals surface area (Å²) in [6.07, 6.45) is 2.01. The van der Waals surface area contributed by atoms with Crippen LogP contribution in [-0.2, 0) is 14.8 Å². The van der Waals surface area contributed by atoms with Crippen molar-refractivity contribution >= 4 is 21.4 Å². The molecule has 20 heavy (non-hydrogen) atoms. The monoisotopic (exact) mass is 299 g/mol. The fourth-order valence-corrected chi connectivity index (χ4v) is 3.31. The summed E-state index contributed by atoms with van der Waals surface area (Å²) in [6, 6.07) is 4.83. The molecule has 0 aromatic heterocycles. The van der Waals surface area contributed by atoms with Gasteiger partial charge in [0.1, 0.15) is 4.90 Å². The van der Waals surface area contributed by atoms with Gasteiger partial charge in [-0.3, -0.25) is 0 Å². The van der Waals surface area contributed by atoms with Crippen LogP contribution in [0.15, 0.2) is 23.1 Å². The van der Waals surface area contributed by atoms with E-state index in [2.05, 4.69) is 0 Å². The highest BCUT2D eigenvalue weighted by molar-refractivity contribution is 7.89. The van der Waals surface area contributed by atoms with E-state index >= 15 is 0 Å². The molecule has 0 bridgehead atoms. The predicted octanol–water partition coefficient (Wildman–Crippen LogP) is 0.921. The summed E-state index contributed by atoms with van der Waals surface area (Å²) in [7, 11) is -3.78. The number of ether oxygens (including phenoxy) is 1. The van der Waals surface area contributed by atoms with Gasteiger partial charge >= 0.3 is 0 Å². The van der Waals surface area contributed by atoms with Crippen LogP contribution in [0.4, 0.5) is 11.4 Å². The van der Waals surface area contributed by atoms with Gasteiger partial charge in [0.15, 0.2) is 0 Å². The molecule has 1 aliphatic rings. The molecule has 7 heteroatoms. The minimum atomic E-state index is -3.78. The van der Waals surface area contributed by atoms with Crippen LogP contribution < -0.4 is 15.8 Å². The smallest absolute Gasteiger partial charge is 0.240 e. The van der Waals surface area contributed by atoms with Crippen LogP contribution in [0, 0.1) is 0 Å². The number of hydrogen-bond acceptors (Lipinski definition) is 5. The molecule has 112 valence electrons. The first-order chi connectivity index (χ1) is 9.41. The number of nitrogen functional groups attached to an aromatic ring is 1. The zero-order valence-corrected chi connectivity index (χ0v) is 12.4. The minimum Gasteiger partial charge on any atom is -0.399 e. The maximum atomic E-state index is 11.7. The molecule has 4 N–H and O–H groups in total. The molecule has 1 aromatic carbocycles. The Balaban J connectivity index is 2.22. The maximum absolute atomic E-state index is 11.7. The molecule has 1 aliphatic heterocycles. The average molecular weight is 299 g/mol. The minimum absolute atomic E-state index is 0.0901. The lowest BCUT2D eigenvalue weighted by Gasteiger charge is -2.34. The molecule has 0 amide bonds. The third-order valence-corrected chi connectivity index (χ3v) is 4.42. The zero-order valence-electron chi connectivity index (χ0n) is 11.6. The number of rotatable bonds is 4. The first-order valence-corrected chi connectivity index (χ1v) is 8.25. The van der Waals surface area contributed by atoms with E-state index in [1.807, 2.05) is 11.8 Å². The van der Waals surface area contributed by atoms with Gasteiger partial charge in [-0.05, 0) is 38.0 Å². The number of anilines is 2. The van der Waals surface area contributed by atoms with Crippen molar-refractivity contribution in [2.45, 2.75) is 30.8 Å². The van der Waals surface area contributed by atoms with E-state index in [-0.39, 0.29) is 11.0 Å². The standard InChI is InChI=1S/C13H21N3O3S/c1-2-19-11-5-7-16(8-6-11)12-4-3-10(14)9-13(12)20(15,17)18/h3-4,9,11H,2,5-8,14H2,1H3,(H2,15,17,18). The summed E-state index contributed by atoms with van der Waals surface area (Å²) in [5, 5.41) is 5.27. The topological polar surface area (TPSA) is 98.7 Å². The van der Waals surface area contributed by atoms with Gasteiger partial charge in [-0.25, -0.2) is 13.6 Å². The Morgan fingerprint density at radius 2 is 2.00 bits per heavy atom. The van der Waals surface area contributed by atoms with E-state index < -0.39 is 10.0 Å². The summed E-state index contributed by atoms with van der Waals surface area (Å²) in [5.74, 6) is 0. The van der Waals surface area contributed by atoms with Crippen molar-refractivity contribution in [3.8, 4) is 0 Å². The molecule has 2 rings (SSSR count). The maximum Gasteiger partial charge on any atom is 0.240 e. The Kier molecular flexibility index (Phi) is 4.52. The molecule has 0 radical (unpaired) electrons. The first-order valence-electron chi connectivity index (χ1n) is 6.70. The van der Waals surface area contributed by atoms with Crippen LogP contribution in [0.5, 0.6) is 0 Å². The van der Waals surface area contributed by atoms with E-state index in [0.717, 1.165) is 25.9 Å². The number of piperidine rings is 1. The zero-order chi connectivity index (χ0) is 14.8. The summed E-state index contributed by atoms with van der Waals surface area (Å²) in [5.41, 5.74) is 6.67. The van der Waals surface area contributed by atoms with Gasteiger partial charge in [-0.2, -0.15) is 0 Å². The van der Waals surface area contributed by atoms with E-state index in [9.17, 15) is 8.42 Å². The van der Waals surface area contributed by atoms with Gasteiger partial charge in [0.25, 0.3) is 0 Å². The second-order valence-corrected chi connectivity index (χ2v) is 6.44. The van der Waals surface area contributed by atoms with E-state index in [0.29, 0.717) is 18.0 Å². The lowest BCUT2D eigenvalue weighted by Crippen LogP contribution is -2.38. The van der Waals surface area contributed by atoms with Gasteiger partial charge in [0.2, 0.25) is 10.0 Å². The number of sulfonamides is 1. The lowest BCUT2D eigenvalue weighted by molar-refractivity contribution is 0.0459. The van der Waals surface area contributed by atoms with Gasteiger partial charge in [-0.15, -0.1) is 0 Å². The Hall–Kier alpha value is -1.31. The summed E-state index contributed by atoms with van der Waals surface area (Å²) < 4.78 is 29.0. The molecule has 1 aromatic rings. The number of benzene rings is 1. The van der Waals surface area contributed by atoms with E-state index in [1.54, 1.807) is 12.1 Å². The van der Waals surface area contributed by atoms with Crippen LogP contribution in [0.3, 0.4) is 0 Å². The van der Waals surface area contributed by atoms with Crippen molar-refractivity contribution in [2.24, 2.45) is 5.14 Å². The summed E-state index contributed by atoms with van der Waals surface area (Å²) in [4.78, 5) is 2.11. The third kappa shape index (κ3) is 3.41. The fraction of sp³-hybridized carbons (Fsp3) is 0.538.